The Bertz CT molecular complexity index is 572. The first kappa shape index (κ1) is 15.0. The van der Waals surface area contributed by atoms with Crippen LogP contribution in [0.4, 0.5) is 4.39 Å². The minimum Gasteiger partial charge on any atom is -0.480 e. The lowest BCUT2D eigenvalue weighted by molar-refractivity contribution is -0.154. The number of aliphatic carboxylic acids is 1. The average Bonchev–Trinajstić information content (AvgIpc) is 3.31. The quantitative estimate of drug-likeness (QED) is 0.869. The number of carbonyl (C=O) groups excluding carboxylic acids is 1. The minimum atomic E-state index is -1.12. The van der Waals surface area contributed by atoms with Gasteiger partial charge in [0.15, 0.2) is 0 Å². The van der Waals surface area contributed by atoms with Crippen LogP contribution in [0.2, 0.25) is 0 Å². The van der Waals surface area contributed by atoms with Gasteiger partial charge in [-0.2, -0.15) is 0 Å². The third-order valence-corrected chi connectivity index (χ3v) is 4.91. The summed E-state index contributed by atoms with van der Waals surface area (Å²) in [4.78, 5) is 25.3. The second kappa shape index (κ2) is 5.71. The van der Waals surface area contributed by atoms with Crippen molar-refractivity contribution >= 4 is 11.9 Å². The molecule has 0 atom stereocenters. The van der Waals surface area contributed by atoms with Crippen molar-refractivity contribution in [1.29, 1.82) is 0 Å². The monoisotopic (exact) mass is 305 g/mol. The first-order valence-electron chi connectivity index (χ1n) is 7.78. The van der Waals surface area contributed by atoms with Crippen LogP contribution in [0.3, 0.4) is 0 Å². The fourth-order valence-corrected chi connectivity index (χ4v) is 3.24. The van der Waals surface area contributed by atoms with Crippen molar-refractivity contribution in [3.05, 3.63) is 35.6 Å². The highest BCUT2D eigenvalue weighted by molar-refractivity contribution is 6.04. The number of nitrogens with zero attached hydrogens (tertiary/aromatic N) is 1. The molecule has 1 amide bonds. The van der Waals surface area contributed by atoms with E-state index in [1.807, 2.05) is 0 Å². The molecule has 0 aromatic heterocycles. The van der Waals surface area contributed by atoms with Crippen molar-refractivity contribution in [2.24, 2.45) is 11.3 Å². The number of carbonyl (C=O) groups is 2. The van der Waals surface area contributed by atoms with E-state index in [1.165, 1.54) is 12.1 Å². The van der Waals surface area contributed by atoms with Gasteiger partial charge in [-0.15, -0.1) is 0 Å². The molecule has 1 aliphatic carbocycles. The third kappa shape index (κ3) is 2.85. The number of rotatable bonds is 4. The Morgan fingerprint density at radius 3 is 2.27 bits per heavy atom. The van der Waals surface area contributed by atoms with Gasteiger partial charge in [0.2, 0.25) is 5.91 Å². The van der Waals surface area contributed by atoms with E-state index in [4.69, 9.17) is 0 Å². The van der Waals surface area contributed by atoms with E-state index in [1.54, 1.807) is 17.0 Å². The first-order valence-corrected chi connectivity index (χ1v) is 7.78. The van der Waals surface area contributed by atoms with Crippen molar-refractivity contribution in [2.45, 2.75) is 32.1 Å². The minimum absolute atomic E-state index is 0.208. The molecule has 1 N–H and O–H groups in total. The van der Waals surface area contributed by atoms with Gasteiger partial charge in [-0.1, -0.05) is 12.1 Å². The molecule has 5 heteroatoms. The van der Waals surface area contributed by atoms with Crippen molar-refractivity contribution in [2.75, 3.05) is 13.1 Å². The zero-order valence-corrected chi connectivity index (χ0v) is 12.4. The van der Waals surface area contributed by atoms with Crippen LogP contribution in [0.15, 0.2) is 24.3 Å². The third-order valence-electron chi connectivity index (χ3n) is 4.91. The molecule has 2 aliphatic rings. The molecule has 0 radical (unpaired) electrons. The zero-order valence-electron chi connectivity index (χ0n) is 12.4. The van der Waals surface area contributed by atoms with Crippen molar-refractivity contribution < 1.29 is 19.1 Å². The molecule has 2 fully saturated rings. The zero-order chi connectivity index (χ0) is 15.7. The Labute approximate surface area is 128 Å². The highest BCUT2D eigenvalue weighted by Gasteiger charge is 2.58. The molecule has 22 heavy (non-hydrogen) atoms. The SMILES string of the molecule is O=C(O)C1(C(=O)N2CCC(Cc3ccc(F)cc3)CC2)CC1. The Balaban J connectivity index is 1.53. The number of carboxylic acid groups (broad SMARTS) is 1. The van der Waals surface area contributed by atoms with Crippen LogP contribution in [0, 0.1) is 17.2 Å². The summed E-state index contributed by atoms with van der Waals surface area (Å²) in [6, 6.07) is 6.54. The lowest BCUT2D eigenvalue weighted by Gasteiger charge is -2.33. The fourth-order valence-electron chi connectivity index (χ4n) is 3.24. The molecule has 0 spiro atoms. The lowest BCUT2D eigenvalue weighted by atomic mass is 9.89. The molecule has 1 heterocycles. The standard InChI is InChI=1S/C17H20FNO3/c18-14-3-1-12(2-4-14)11-13-5-9-19(10-6-13)15(20)17(7-8-17)16(21)22/h1-4,13H,5-11H2,(H,21,22). The summed E-state index contributed by atoms with van der Waals surface area (Å²) in [5.74, 6) is -0.951. The highest BCUT2D eigenvalue weighted by Crippen LogP contribution is 2.48. The van der Waals surface area contributed by atoms with Crippen LogP contribution >= 0.6 is 0 Å². The lowest BCUT2D eigenvalue weighted by Crippen LogP contribution is -2.45. The van der Waals surface area contributed by atoms with Crippen LogP contribution in [0.25, 0.3) is 0 Å². The van der Waals surface area contributed by atoms with Crippen molar-refractivity contribution in [3.8, 4) is 0 Å². The second-order valence-electron chi connectivity index (χ2n) is 6.45. The topological polar surface area (TPSA) is 57.6 Å². The smallest absolute Gasteiger partial charge is 0.319 e. The van der Waals surface area contributed by atoms with Gasteiger partial charge in [-0.25, -0.2) is 4.39 Å². The number of likely N-dealkylation sites (tertiary alicyclic amines) is 1. The maximum absolute atomic E-state index is 12.9. The van der Waals surface area contributed by atoms with Gasteiger partial charge in [0.25, 0.3) is 0 Å². The molecule has 1 aromatic rings. The number of benzene rings is 1. The van der Waals surface area contributed by atoms with E-state index in [-0.39, 0.29) is 11.7 Å². The van der Waals surface area contributed by atoms with E-state index >= 15 is 0 Å². The first-order chi connectivity index (χ1) is 10.5. The Morgan fingerprint density at radius 1 is 1.18 bits per heavy atom. The van der Waals surface area contributed by atoms with Gasteiger partial charge in [0.05, 0.1) is 0 Å². The molecule has 0 unspecified atom stereocenters. The molecule has 118 valence electrons. The summed E-state index contributed by atoms with van der Waals surface area (Å²) >= 11 is 0. The van der Waals surface area contributed by atoms with E-state index in [0.717, 1.165) is 24.8 Å². The highest BCUT2D eigenvalue weighted by atomic mass is 19.1. The number of halogens is 1. The molecular formula is C17H20FNO3. The number of amides is 1. The Morgan fingerprint density at radius 2 is 1.77 bits per heavy atom. The summed E-state index contributed by atoms with van der Waals surface area (Å²) in [6.07, 6.45) is 3.57. The number of hydrogen-bond donors (Lipinski definition) is 1. The van der Waals surface area contributed by atoms with Crippen LogP contribution < -0.4 is 0 Å². The maximum Gasteiger partial charge on any atom is 0.319 e. The molecular weight excluding hydrogens is 285 g/mol. The van der Waals surface area contributed by atoms with E-state index in [2.05, 4.69) is 0 Å². The Kier molecular flexibility index (Phi) is 3.89. The fraction of sp³-hybridized carbons (Fsp3) is 0.529. The van der Waals surface area contributed by atoms with Gasteiger partial charge in [-0.05, 0) is 55.7 Å². The van der Waals surface area contributed by atoms with Gasteiger partial charge in [0.1, 0.15) is 11.2 Å². The second-order valence-corrected chi connectivity index (χ2v) is 6.45. The predicted molar refractivity (Wildman–Crippen MR) is 78.7 cm³/mol. The van der Waals surface area contributed by atoms with Gasteiger partial charge in [-0.3, -0.25) is 9.59 Å². The normalized spacial score (nSPS) is 20.7. The summed E-state index contributed by atoms with van der Waals surface area (Å²) in [6.45, 7) is 1.25. The number of hydrogen-bond acceptors (Lipinski definition) is 2. The van der Waals surface area contributed by atoms with Crippen LogP contribution in [0.5, 0.6) is 0 Å². The van der Waals surface area contributed by atoms with Crippen LogP contribution in [-0.2, 0) is 16.0 Å². The van der Waals surface area contributed by atoms with Gasteiger partial charge >= 0.3 is 5.97 Å². The largest absolute Gasteiger partial charge is 0.480 e. The van der Waals surface area contributed by atoms with Gasteiger partial charge in [0, 0.05) is 13.1 Å². The molecule has 1 aliphatic heterocycles. The summed E-state index contributed by atoms with van der Waals surface area (Å²) < 4.78 is 12.9. The predicted octanol–water partition coefficient (Wildman–Crippen LogP) is 2.47. The summed E-state index contributed by atoms with van der Waals surface area (Å²) in [5, 5.41) is 9.20. The maximum atomic E-state index is 12.9. The van der Waals surface area contributed by atoms with Crippen molar-refractivity contribution in [3.63, 3.8) is 0 Å². The molecule has 0 bridgehead atoms. The van der Waals surface area contributed by atoms with E-state index < -0.39 is 11.4 Å². The summed E-state index contributed by atoms with van der Waals surface area (Å²) in [7, 11) is 0. The molecule has 1 saturated heterocycles. The Hall–Kier alpha value is -1.91. The van der Waals surface area contributed by atoms with Gasteiger partial charge < -0.3 is 10.0 Å². The van der Waals surface area contributed by atoms with Crippen molar-refractivity contribution in [1.82, 2.24) is 4.90 Å². The molecule has 1 aromatic carbocycles. The van der Waals surface area contributed by atoms with E-state index in [0.29, 0.717) is 31.8 Å². The average molecular weight is 305 g/mol. The van der Waals surface area contributed by atoms with E-state index in [9.17, 15) is 19.1 Å². The van der Waals surface area contributed by atoms with Crippen LogP contribution in [-0.4, -0.2) is 35.0 Å². The van der Waals surface area contributed by atoms with Crippen LogP contribution in [0.1, 0.15) is 31.2 Å². The molecule has 3 rings (SSSR count). The molecule has 1 saturated carbocycles. The molecule has 4 nitrogen and oxygen atoms in total. The number of piperidine rings is 1. The number of carboxylic acids is 1. The summed E-state index contributed by atoms with van der Waals surface area (Å²) in [5.41, 5.74) is -0.0144.